The Balaban J connectivity index is 1.94. The van der Waals surface area contributed by atoms with Crippen LogP contribution >= 0.6 is 23.2 Å². The summed E-state index contributed by atoms with van der Waals surface area (Å²) in [4.78, 5) is 4.85. The van der Waals surface area contributed by atoms with Crippen molar-refractivity contribution in [1.29, 1.82) is 0 Å². The van der Waals surface area contributed by atoms with Crippen molar-refractivity contribution in [3.05, 3.63) is 63.1 Å². The highest BCUT2D eigenvalue weighted by Crippen LogP contribution is 2.49. The summed E-state index contributed by atoms with van der Waals surface area (Å²) in [6, 6.07) is 6.63. The summed E-state index contributed by atoms with van der Waals surface area (Å²) < 4.78 is 104. The minimum atomic E-state index is -5.67. The van der Waals surface area contributed by atoms with Crippen LogP contribution in [0, 0.1) is 6.92 Å². The number of alkyl halides is 6. The predicted octanol–water partition coefficient (Wildman–Crippen LogP) is 6.15. The molecule has 0 saturated carbocycles. The number of hydrogen-bond donors (Lipinski definition) is 1. The molecule has 32 heavy (non-hydrogen) atoms. The SMILES string of the molecule is Cc1cc(C2=NOC(c3cc(Cl)cc(Cl)c3)(C(F)(F)F)C2)ccc1NS(=O)(=O)C(F)(F)F. The Morgan fingerprint density at radius 1 is 1.03 bits per heavy atom. The molecule has 2 aromatic carbocycles. The Labute approximate surface area is 188 Å². The zero-order valence-electron chi connectivity index (χ0n) is 15.8. The van der Waals surface area contributed by atoms with Gasteiger partial charge in [-0.05, 0) is 48.4 Å². The topological polar surface area (TPSA) is 67.8 Å². The number of aryl methyl sites for hydroxylation is 1. The van der Waals surface area contributed by atoms with Crippen LogP contribution < -0.4 is 4.72 Å². The van der Waals surface area contributed by atoms with Crippen molar-refractivity contribution < 1.29 is 39.6 Å². The lowest BCUT2D eigenvalue weighted by molar-refractivity contribution is -0.275. The molecule has 1 atom stereocenters. The number of hydrogen-bond acceptors (Lipinski definition) is 4. The largest absolute Gasteiger partial charge is 0.516 e. The molecule has 1 heterocycles. The number of oxime groups is 1. The number of benzene rings is 2. The van der Waals surface area contributed by atoms with Crippen LogP contribution in [0.1, 0.15) is 23.1 Å². The van der Waals surface area contributed by atoms with Crippen molar-refractivity contribution in [3.8, 4) is 0 Å². The maximum Gasteiger partial charge on any atom is 0.516 e. The predicted molar refractivity (Wildman–Crippen MR) is 106 cm³/mol. The van der Waals surface area contributed by atoms with Crippen LogP contribution in [0.25, 0.3) is 0 Å². The van der Waals surface area contributed by atoms with Crippen molar-refractivity contribution >= 4 is 44.6 Å². The van der Waals surface area contributed by atoms with Crippen LogP contribution in [-0.4, -0.2) is 25.8 Å². The van der Waals surface area contributed by atoms with Crippen molar-refractivity contribution in [2.24, 2.45) is 5.16 Å². The molecule has 1 N–H and O–H groups in total. The van der Waals surface area contributed by atoms with Gasteiger partial charge in [-0.15, -0.1) is 0 Å². The minimum Gasteiger partial charge on any atom is -0.374 e. The summed E-state index contributed by atoms with van der Waals surface area (Å²) in [5.41, 5.74) is -9.24. The summed E-state index contributed by atoms with van der Waals surface area (Å²) >= 11 is 11.7. The standard InChI is InChI=1S/C18H12Cl2F6N2O3S/c1-9-4-10(2-3-14(9)28-32(29,30)18(24,25)26)15-8-16(31-27-15,17(21,22)23)11-5-12(19)7-13(20)6-11/h2-7,28H,8H2,1H3. The first-order chi connectivity index (χ1) is 14.6. The fourth-order valence-corrected chi connectivity index (χ4v) is 4.17. The van der Waals surface area contributed by atoms with Gasteiger partial charge in [-0.2, -0.15) is 34.8 Å². The normalized spacial score (nSPS) is 19.5. The lowest BCUT2D eigenvalue weighted by Crippen LogP contribution is -2.42. The molecule has 0 aliphatic carbocycles. The number of nitrogens with zero attached hydrogens (tertiary/aromatic N) is 1. The quantitative estimate of drug-likeness (QED) is 0.492. The van der Waals surface area contributed by atoms with Gasteiger partial charge in [-0.3, -0.25) is 4.72 Å². The third-order valence-electron chi connectivity index (χ3n) is 4.62. The van der Waals surface area contributed by atoms with Gasteiger partial charge in [-0.1, -0.05) is 34.4 Å². The molecule has 174 valence electrons. The number of rotatable bonds is 4. The van der Waals surface area contributed by atoms with Crippen LogP contribution in [0.5, 0.6) is 0 Å². The number of sulfonamides is 1. The Bertz CT molecular complexity index is 1180. The van der Waals surface area contributed by atoms with Crippen LogP contribution in [0.2, 0.25) is 10.0 Å². The number of halogens is 8. The lowest BCUT2D eigenvalue weighted by atomic mass is 9.86. The summed E-state index contributed by atoms with van der Waals surface area (Å²) in [5, 5.41) is 3.44. The van der Waals surface area contributed by atoms with E-state index in [0.717, 1.165) is 24.3 Å². The van der Waals surface area contributed by atoms with Gasteiger partial charge in [0.05, 0.1) is 11.4 Å². The van der Waals surface area contributed by atoms with E-state index in [4.69, 9.17) is 28.0 Å². The van der Waals surface area contributed by atoms with Gasteiger partial charge in [0, 0.05) is 22.0 Å². The monoisotopic (exact) mass is 520 g/mol. The Kier molecular flexibility index (Phi) is 6.11. The molecule has 0 fully saturated rings. The summed E-state index contributed by atoms with van der Waals surface area (Å²) in [6.45, 7) is 1.28. The highest BCUT2D eigenvalue weighted by molar-refractivity contribution is 7.93. The highest BCUT2D eigenvalue weighted by atomic mass is 35.5. The smallest absolute Gasteiger partial charge is 0.374 e. The van der Waals surface area contributed by atoms with Crippen molar-refractivity contribution in [1.82, 2.24) is 0 Å². The van der Waals surface area contributed by atoms with E-state index in [0.29, 0.717) is 0 Å². The third-order valence-corrected chi connectivity index (χ3v) is 6.16. The van der Waals surface area contributed by atoms with Gasteiger partial charge in [-0.25, -0.2) is 0 Å². The second kappa shape index (κ2) is 7.99. The summed E-state index contributed by atoms with van der Waals surface area (Å²) in [7, 11) is -5.67. The fraction of sp³-hybridized carbons (Fsp3) is 0.278. The van der Waals surface area contributed by atoms with Crippen molar-refractivity contribution in [2.45, 2.75) is 30.6 Å². The molecule has 0 radical (unpaired) electrons. The number of nitrogens with one attached hydrogen (secondary N) is 1. The van der Waals surface area contributed by atoms with E-state index in [-0.39, 0.29) is 32.4 Å². The van der Waals surface area contributed by atoms with E-state index in [2.05, 4.69) is 5.16 Å². The molecule has 1 aliphatic heterocycles. The van der Waals surface area contributed by atoms with E-state index in [1.807, 2.05) is 0 Å². The molecule has 3 rings (SSSR count). The lowest BCUT2D eigenvalue weighted by Gasteiger charge is -2.29. The van der Waals surface area contributed by atoms with E-state index in [1.54, 1.807) is 0 Å². The zero-order chi connectivity index (χ0) is 24.1. The molecule has 1 aliphatic rings. The van der Waals surface area contributed by atoms with Gasteiger partial charge in [0.15, 0.2) is 0 Å². The van der Waals surface area contributed by atoms with Gasteiger partial charge < -0.3 is 4.84 Å². The first kappa shape index (κ1) is 24.5. The molecule has 1 unspecified atom stereocenters. The van der Waals surface area contributed by atoms with Crippen LogP contribution in [-0.2, 0) is 20.5 Å². The minimum absolute atomic E-state index is 0.0216. The van der Waals surface area contributed by atoms with Crippen LogP contribution in [0.4, 0.5) is 32.0 Å². The van der Waals surface area contributed by atoms with Crippen molar-refractivity contribution in [2.75, 3.05) is 4.72 Å². The molecule has 0 aromatic heterocycles. The maximum absolute atomic E-state index is 14.0. The van der Waals surface area contributed by atoms with E-state index in [1.165, 1.54) is 23.8 Å². The fourth-order valence-electron chi connectivity index (χ4n) is 3.01. The van der Waals surface area contributed by atoms with E-state index in [9.17, 15) is 34.8 Å². The van der Waals surface area contributed by atoms with E-state index < -0.39 is 39.4 Å². The molecule has 0 amide bonds. The van der Waals surface area contributed by atoms with Crippen LogP contribution in [0.3, 0.4) is 0 Å². The Morgan fingerprint density at radius 3 is 2.12 bits per heavy atom. The van der Waals surface area contributed by atoms with Crippen molar-refractivity contribution in [3.63, 3.8) is 0 Å². The maximum atomic E-state index is 14.0. The van der Waals surface area contributed by atoms with E-state index >= 15 is 0 Å². The molecule has 0 spiro atoms. The molecular formula is C18H12Cl2F6N2O3S. The average Bonchev–Trinajstić information content (AvgIpc) is 3.08. The van der Waals surface area contributed by atoms with Gasteiger partial charge in [0.1, 0.15) is 0 Å². The first-order valence-electron chi connectivity index (χ1n) is 8.54. The highest BCUT2D eigenvalue weighted by Gasteiger charge is 2.62. The Hall–Kier alpha value is -2.18. The second-order valence-electron chi connectivity index (χ2n) is 6.87. The average molecular weight is 521 g/mol. The molecule has 5 nitrogen and oxygen atoms in total. The zero-order valence-corrected chi connectivity index (χ0v) is 18.1. The summed E-state index contributed by atoms with van der Waals surface area (Å²) in [5.74, 6) is 0. The van der Waals surface area contributed by atoms with Gasteiger partial charge in [0.2, 0.25) is 0 Å². The molecule has 0 saturated heterocycles. The molecule has 0 bridgehead atoms. The molecule has 2 aromatic rings. The Morgan fingerprint density at radius 2 is 1.62 bits per heavy atom. The first-order valence-corrected chi connectivity index (χ1v) is 10.8. The summed E-state index contributed by atoms with van der Waals surface area (Å²) in [6.07, 6.45) is -5.70. The van der Waals surface area contributed by atoms with Gasteiger partial charge >= 0.3 is 21.7 Å². The second-order valence-corrected chi connectivity index (χ2v) is 9.42. The molecule has 14 heteroatoms. The van der Waals surface area contributed by atoms with Crippen LogP contribution in [0.15, 0.2) is 41.6 Å². The van der Waals surface area contributed by atoms with Gasteiger partial charge in [0.25, 0.3) is 5.60 Å². The molecular weight excluding hydrogens is 509 g/mol. The number of anilines is 1. The third kappa shape index (κ3) is 4.48.